The molecule has 168 valence electrons. The minimum Gasteiger partial charge on any atom is -0.490 e. The van der Waals surface area contributed by atoms with Gasteiger partial charge in [-0.25, -0.2) is 9.79 Å². The first kappa shape index (κ1) is 23.7. The molecule has 1 saturated heterocycles. The maximum Gasteiger partial charge on any atom is 0.336 e. The zero-order chi connectivity index (χ0) is 23.4. The number of nitrogens with zero attached hydrogens (tertiary/aromatic N) is 2. The number of ether oxygens (including phenoxy) is 2. The predicted octanol–water partition coefficient (Wildman–Crippen LogP) is 5.38. The first-order chi connectivity index (χ1) is 15.3. The van der Waals surface area contributed by atoms with Crippen molar-refractivity contribution >= 4 is 52.2 Å². The van der Waals surface area contributed by atoms with E-state index >= 15 is 0 Å². The number of halogens is 1. The Kier molecular flexibility index (Phi) is 7.48. The zero-order valence-electron chi connectivity index (χ0n) is 18.1. The Morgan fingerprint density at radius 2 is 1.97 bits per heavy atom. The molecule has 0 saturated carbocycles. The molecule has 1 fully saturated rings. The monoisotopic (exact) mass is 474 g/mol. The summed E-state index contributed by atoms with van der Waals surface area (Å²) in [6, 6.07) is 8.36. The van der Waals surface area contributed by atoms with E-state index in [9.17, 15) is 14.7 Å². The molecule has 1 aliphatic rings. The van der Waals surface area contributed by atoms with E-state index in [1.165, 1.54) is 22.7 Å². The average Bonchev–Trinajstić information content (AvgIpc) is 3.00. The maximum atomic E-state index is 12.8. The zero-order valence-corrected chi connectivity index (χ0v) is 19.7. The van der Waals surface area contributed by atoms with E-state index in [0.29, 0.717) is 56.6 Å². The molecule has 7 nitrogen and oxygen atoms in total. The van der Waals surface area contributed by atoms with Gasteiger partial charge in [0.25, 0.3) is 5.91 Å². The number of carboxylic acid groups (broad SMARTS) is 1. The number of amidine groups is 1. The fraction of sp³-hybridized carbons (Fsp3) is 0.261. The summed E-state index contributed by atoms with van der Waals surface area (Å²) in [4.78, 5) is 30.6. The molecule has 2 aromatic carbocycles. The van der Waals surface area contributed by atoms with Gasteiger partial charge in [0.05, 0.1) is 34.4 Å². The third kappa shape index (κ3) is 4.92. The highest BCUT2D eigenvalue weighted by molar-refractivity contribution is 8.18. The lowest BCUT2D eigenvalue weighted by molar-refractivity contribution is -0.121. The Labute approximate surface area is 195 Å². The van der Waals surface area contributed by atoms with E-state index < -0.39 is 5.97 Å². The molecule has 0 radical (unpaired) electrons. The van der Waals surface area contributed by atoms with Crippen molar-refractivity contribution in [1.29, 1.82) is 0 Å². The molecular formula is C23H23ClN2O5S. The number of amides is 1. The first-order valence-electron chi connectivity index (χ1n) is 9.95. The summed E-state index contributed by atoms with van der Waals surface area (Å²) < 4.78 is 11.2. The van der Waals surface area contributed by atoms with E-state index in [1.54, 1.807) is 44.3 Å². The highest BCUT2D eigenvalue weighted by Crippen LogP contribution is 2.39. The largest absolute Gasteiger partial charge is 0.490 e. The van der Waals surface area contributed by atoms with Crippen molar-refractivity contribution < 1.29 is 24.2 Å². The summed E-state index contributed by atoms with van der Waals surface area (Å²) in [6.07, 6.45) is 1.72. The van der Waals surface area contributed by atoms with Crippen molar-refractivity contribution in [3.8, 4) is 11.5 Å². The molecule has 1 aliphatic heterocycles. The molecule has 0 unspecified atom stereocenters. The maximum absolute atomic E-state index is 12.8. The van der Waals surface area contributed by atoms with Gasteiger partial charge in [0.15, 0.2) is 16.7 Å². The second-order valence-corrected chi connectivity index (χ2v) is 8.24. The molecule has 1 N–H and O–H groups in total. The van der Waals surface area contributed by atoms with Crippen molar-refractivity contribution in [1.82, 2.24) is 4.90 Å². The average molecular weight is 475 g/mol. The number of hydrogen-bond donors (Lipinski definition) is 1. The van der Waals surface area contributed by atoms with Crippen LogP contribution in [0, 0.1) is 6.92 Å². The molecule has 3 rings (SSSR count). The number of rotatable bonds is 7. The van der Waals surface area contributed by atoms with Crippen molar-refractivity contribution in [3.63, 3.8) is 0 Å². The van der Waals surface area contributed by atoms with Gasteiger partial charge < -0.3 is 14.6 Å². The van der Waals surface area contributed by atoms with Crippen LogP contribution >= 0.6 is 23.4 Å². The van der Waals surface area contributed by atoms with E-state index in [1.807, 2.05) is 13.8 Å². The van der Waals surface area contributed by atoms with Crippen LogP contribution in [0.25, 0.3) is 6.08 Å². The van der Waals surface area contributed by atoms with Crippen molar-refractivity contribution in [2.24, 2.45) is 4.99 Å². The number of carbonyl (C=O) groups is 2. The lowest BCUT2D eigenvalue weighted by atomic mass is 10.1. The highest BCUT2D eigenvalue weighted by Gasteiger charge is 2.31. The molecule has 32 heavy (non-hydrogen) atoms. The van der Waals surface area contributed by atoms with Crippen LogP contribution in [-0.4, -0.2) is 47.3 Å². The van der Waals surface area contributed by atoms with Crippen molar-refractivity contribution in [2.75, 3.05) is 20.3 Å². The number of carbonyl (C=O) groups excluding carboxylic acids is 1. The summed E-state index contributed by atoms with van der Waals surface area (Å²) in [7, 11) is 1.63. The standard InChI is InChI=1S/C23H23ClN2O5S/c1-5-30-18-11-14(10-16(24)20(18)31-6-2)12-19-21(27)26(4)23(32-19)25-17-9-7-8-15(13(17)3)22(28)29/h7-12H,5-6H2,1-4H3,(H,28,29)/b19-12-,25-23?. The van der Waals surface area contributed by atoms with Gasteiger partial charge in [0.1, 0.15) is 0 Å². The minimum absolute atomic E-state index is 0.173. The number of carboxylic acids is 1. The molecule has 0 spiro atoms. The van der Waals surface area contributed by atoms with Crippen LogP contribution in [0.15, 0.2) is 40.2 Å². The van der Waals surface area contributed by atoms with Gasteiger partial charge in [0, 0.05) is 7.05 Å². The molecule has 0 atom stereocenters. The molecule has 1 heterocycles. The van der Waals surface area contributed by atoms with Gasteiger partial charge >= 0.3 is 5.97 Å². The van der Waals surface area contributed by atoms with Gasteiger partial charge in [-0.15, -0.1) is 0 Å². The van der Waals surface area contributed by atoms with Gasteiger partial charge in [-0.1, -0.05) is 17.7 Å². The van der Waals surface area contributed by atoms with E-state index in [4.69, 9.17) is 21.1 Å². The molecule has 0 aliphatic carbocycles. The summed E-state index contributed by atoms with van der Waals surface area (Å²) in [5.74, 6) is -0.265. The van der Waals surface area contributed by atoms with Crippen LogP contribution < -0.4 is 9.47 Å². The van der Waals surface area contributed by atoms with Crippen LogP contribution in [0.3, 0.4) is 0 Å². The Morgan fingerprint density at radius 3 is 2.62 bits per heavy atom. The minimum atomic E-state index is -1.02. The molecule has 1 amide bonds. The van der Waals surface area contributed by atoms with Crippen LogP contribution in [0.4, 0.5) is 5.69 Å². The topological polar surface area (TPSA) is 88.4 Å². The predicted molar refractivity (Wildman–Crippen MR) is 127 cm³/mol. The van der Waals surface area contributed by atoms with Crippen molar-refractivity contribution in [2.45, 2.75) is 20.8 Å². The number of aromatic carboxylic acids is 1. The smallest absolute Gasteiger partial charge is 0.336 e. The Balaban J connectivity index is 1.97. The lowest BCUT2D eigenvalue weighted by Gasteiger charge is -2.13. The fourth-order valence-corrected chi connectivity index (χ4v) is 4.35. The van der Waals surface area contributed by atoms with E-state index in [2.05, 4.69) is 4.99 Å². The summed E-state index contributed by atoms with van der Waals surface area (Å²) in [5, 5.41) is 10.2. The Morgan fingerprint density at radius 1 is 1.25 bits per heavy atom. The number of likely N-dealkylation sites (N-methyl/N-ethyl adjacent to an activating group) is 1. The molecule has 9 heteroatoms. The van der Waals surface area contributed by atoms with E-state index in [-0.39, 0.29) is 11.5 Å². The van der Waals surface area contributed by atoms with Gasteiger partial charge in [-0.2, -0.15) is 0 Å². The number of benzene rings is 2. The highest BCUT2D eigenvalue weighted by atomic mass is 35.5. The number of thioether (sulfide) groups is 1. The molecular weight excluding hydrogens is 452 g/mol. The van der Waals surface area contributed by atoms with Gasteiger partial charge in [-0.3, -0.25) is 9.69 Å². The van der Waals surface area contributed by atoms with Gasteiger partial charge in [0.2, 0.25) is 0 Å². The van der Waals surface area contributed by atoms with Crippen LogP contribution in [0.2, 0.25) is 5.02 Å². The quantitative estimate of drug-likeness (QED) is 0.542. The summed E-state index contributed by atoms with van der Waals surface area (Å²) in [5.41, 5.74) is 1.89. The second-order valence-electron chi connectivity index (χ2n) is 6.82. The van der Waals surface area contributed by atoms with Crippen LogP contribution in [0.1, 0.15) is 35.3 Å². The number of aliphatic imine (C=N–C) groups is 1. The molecule has 0 bridgehead atoms. The molecule has 0 aromatic heterocycles. The Bertz CT molecular complexity index is 1130. The summed E-state index contributed by atoms with van der Waals surface area (Å²) >= 11 is 7.59. The summed E-state index contributed by atoms with van der Waals surface area (Å²) in [6.45, 7) is 6.31. The third-order valence-electron chi connectivity index (χ3n) is 4.67. The van der Waals surface area contributed by atoms with Crippen molar-refractivity contribution in [3.05, 3.63) is 56.9 Å². The lowest BCUT2D eigenvalue weighted by Crippen LogP contribution is -2.23. The Hall–Kier alpha value is -2.97. The first-order valence-corrected chi connectivity index (χ1v) is 11.1. The normalized spacial score (nSPS) is 16.2. The molecule has 2 aromatic rings. The SMILES string of the molecule is CCOc1cc(/C=C2\SC(=Nc3cccc(C(=O)O)c3C)N(C)C2=O)cc(Cl)c1OCC. The number of hydrogen-bond acceptors (Lipinski definition) is 6. The van der Waals surface area contributed by atoms with Crippen LogP contribution in [0.5, 0.6) is 11.5 Å². The second kappa shape index (κ2) is 10.1. The van der Waals surface area contributed by atoms with E-state index in [0.717, 1.165) is 0 Å². The van der Waals surface area contributed by atoms with Crippen LogP contribution in [-0.2, 0) is 4.79 Å². The van der Waals surface area contributed by atoms with Gasteiger partial charge in [-0.05, 0) is 74.0 Å². The third-order valence-corrected chi connectivity index (χ3v) is 6.01. The fourth-order valence-electron chi connectivity index (χ4n) is 3.10.